The molecule has 0 heterocycles. The standard InChI is InChI=1S/C21H20BrNO2/c1-2-3-13-25-20-12-11-16(14-18(20)22)21(24)23-19-10-6-8-15-7-4-5-9-17(15)19/h4-12,14H,2-3,13H2,1H3,(H,23,24). The van der Waals surface area contributed by atoms with E-state index in [-0.39, 0.29) is 5.91 Å². The van der Waals surface area contributed by atoms with Gasteiger partial charge in [0.05, 0.1) is 11.1 Å². The molecule has 3 aromatic rings. The summed E-state index contributed by atoms with van der Waals surface area (Å²) in [5, 5.41) is 5.12. The molecule has 0 aliphatic carbocycles. The van der Waals surface area contributed by atoms with Gasteiger partial charge in [0.1, 0.15) is 5.75 Å². The molecule has 0 atom stereocenters. The molecule has 0 spiro atoms. The monoisotopic (exact) mass is 397 g/mol. The third-order valence-electron chi connectivity index (χ3n) is 3.99. The lowest BCUT2D eigenvalue weighted by Gasteiger charge is -2.11. The smallest absolute Gasteiger partial charge is 0.255 e. The average molecular weight is 398 g/mol. The highest BCUT2D eigenvalue weighted by atomic mass is 79.9. The Morgan fingerprint density at radius 2 is 1.88 bits per heavy atom. The van der Waals surface area contributed by atoms with Crippen molar-refractivity contribution in [1.29, 1.82) is 0 Å². The first-order chi connectivity index (χ1) is 12.2. The number of rotatable bonds is 6. The highest BCUT2D eigenvalue weighted by Crippen LogP contribution is 2.28. The molecule has 4 heteroatoms. The number of hydrogen-bond donors (Lipinski definition) is 1. The normalized spacial score (nSPS) is 10.6. The van der Waals surface area contributed by atoms with Crippen molar-refractivity contribution in [3.05, 3.63) is 70.7 Å². The minimum Gasteiger partial charge on any atom is -0.492 e. The van der Waals surface area contributed by atoms with E-state index in [1.54, 1.807) is 12.1 Å². The summed E-state index contributed by atoms with van der Waals surface area (Å²) >= 11 is 3.49. The first-order valence-electron chi connectivity index (χ1n) is 8.40. The maximum Gasteiger partial charge on any atom is 0.255 e. The van der Waals surface area contributed by atoms with Crippen molar-refractivity contribution in [2.45, 2.75) is 19.8 Å². The molecule has 3 nitrogen and oxygen atoms in total. The molecule has 0 radical (unpaired) electrons. The van der Waals surface area contributed by atoms with Gasteiger partial charge in [0.2, 0.25) is 0 Å². The molecule has 1 amide bonds. The van der Waals surface area contributed by atoms with Crippen molar-refractivity contribution in [2.75, 3.05) is 11.9 Å². The lowest BCUT2D eigenvalue weighted by molar-refractivity contribution is 0.102. The van der Waals surface area contributed by atoms with Crippen LogP contribution < -0.4 is 10.1 Å². The lowest BCUT2D eigenvalue weighted by atomic mass is 10.1. The number of carbonyl (C=O) groups is 1. The average Bonchev–Trinajstić information content (AvgIpc) is 2.63. The fraction of sp³-hybridized carbons (Fsp3) is 0.190. The van der Waals surface area contributed by atoms with Gasteiger partial charge in [-0.05, 0) is 52.0 Å². The predicted octanol–water partition coefficient (Wildman–Crippen LogP) is 6.03. The molecule has 0 saturated carbocycles. The van der Waals surface area contributed by atoms with Crippen LogP contribution in [0.1, 0.15) is 30.1 Å². The summed E-state index contributed by atoms with van der Waals surface area (Å²) in [5.74, 6) is 0.618. The summed E-state index contributed by atoms with van der Waals surface area (Å²) in [6.45, 7) is 2.80. The topological polar surface area (TPSA) is 38.3 Å². The quantitative estimate of drug-likeness (QED) is 0.515. The zero-order valence-electron chi connectivity index (χ0n) is 14.1. The van der Waals surface area contributed by atoms with E-state index in [2.05, 4.69) is 28.2 Å². The van der Waals surface area contributed by atoms with Crippen LogP contribution in [0.2, 0.25) is 0 Å². The van der Waals surface area contributed by atoms with Crippen LogP contribution in [0.4, 0.5) is 5.69 Å². The van der Waals surface area contributed by atoms with Crippen molar-refractivity contribution >= 4 is 38.3 Å². The zero-order valence-corrected chi connectivity index (χ0v) is 15.7. The molecular weight excluding hydrogens is 378 g/mol. The van der Waals surface area contributed by atoms with Gasteiger partial charge in [-0.2, -0.15) is 0 Å². The predicted molar refractivity (Wildman–Crippen MR) is 106 cm³/mol. The zero-order chi connectivity index (χ0) is 17.6. The van der Waals surface area contributed by atoms with Gasteiger partial charge in [-0.15, -0.1) is 0 Å². The van der Waals surface area contributed by atoms with Gasteiger partial charge >= 0.3 is 0 Å². The maximum absolute atomic E-state index is 12.6. The fourth-order valence-corrected chi connectivity index (χ4v) is 3.11. The summed E-state index contributed by atoms with van der Waals surface area (Å²) in [7, 11) is 0. The summed E-state index contributed by atoms with van der Waals surface area (Å²) in [6, 6.07) is 19.3. The molecule has 0 bridgehead atoms. The Labute approximate surface area is 156 Å². The molecule has 0 unspecified atom stereocenters. The van der Waals surface area contributed by atoms with Gasteiger partial charge in [0, 0.05) is 16.6 Å². The van der Waals surface area contributed by atoms with Crippen LogP contribution in [-0.4, -0.2) is 12.5 Å². The number of anilines is 1. The van der Waals surface area contributed by atoms with Crippen molar-refractivity contribution in [1.82, 2.24) is 0 Å². The molecule has 128 valence electrons. The first-order valence-corrected chi connectivity index (χ1v) is 9.20. The van der Waals surface area contributed by atoms with E-state index < -0.39 is 0 Å². The first kappa shape index (κ1) is 17.5. The van der Waals surface area contributed by atoms with Crippen LogP contribution in [0.25, 0.3) is 10.8 Å². The minimum absolute atomic E-state index is 0.142. The molecular formula is C21H20BrNO2. The van der Waals surface area contributed by atoms with Crippen molar-refractivity contribution < 1.29 is 9.53 Å². The molecule has 0 aliphatic heterocycles. The number of hydrogen-bond acceptors (Lipinski definition) is 2. The third kappa shape index (κ3) is 4.20. The van der Waals surface area contributed by atoms with Crippen LogP contribution >= 0.6 is 15.9 Å². The van der Waals surface area contributed by atoms with Crippen LogP contribution in [0.5, 0.6) is 5.75 Å². The Hall–Kier alpha value is -2.33. The second kappa shape index (κ2) is 8.17. The Kier molecular flexibility index (Phi) is 5.71. The van der Waals surface area contributed by atoms with Crippen molar-refractivity contribution in [3.63, 3.8) is 0 Å². The number of unbranched alkanes of at least 4 members (excludes halogenated alkanes) is 1. The van der Waals surface area contributed by atoms with E-state index in [4.69, 9.17) is 4.74 Å². The minimum atomic E-state index is -0.142. The van der Waals surface area contributed by atoms with Gasteiger partial charge in [-0.25, -0.2) is 0 Å². The van der Waals surface area contributed by atoms with E-state index in [0.29, 0.717) is 12.2 Å². The Bertz CT molecular complexity index is 887. The maximum atomic E-state index is 12.6. The van der Waals surface area contributed by atoms with E-state index in [0.717, 1.165) is 39.5 Å². The number of fused-ring (bicyclic) bond motifs is 1. The van der Waals surface area contributed by atoms with E-state index >= 15 is 0 Å². The Morgan fingerprint density at radius 1 is 1.08 bits per heavy atom. The van der Waals surface area contributed by atoms with E-state index in [1.807, 2.05) is 48.5 Å². The second-order valence-corrected chi connectivity index (χ2v) is 6.68. The molecule has 3 rings (SSSR count). The molecule has 3 aromatic carbocycles. The summed E-state index contributed by atoms with van der Waals surface area (Å²) in [4.78, 5) is 12.6. The van der Waals surface area contributed by atoms with Crippen molar-refractivity contribution in [2.24, 2.45) is 0 Å². The number of carbonyl (C=O) groups excluding carboxylic acids is 1. The Morgan fingerprint density at radius 3 is 2.68 bits per heavy atom. The van der Waals surface area contributed by atoms with Crippen LogP contribution in [-0.2, 0) is 0 Å². The molecule has 25 heavy (non-hydrogen) atoms. The van der Waals surface area contributed by atoms with Gasteiger partial charge in [-0.3, -0.25) is 4.79 Å². The lowest BCUT2D eigenvalue weighted by Crippen LogP contribution is -2.12. The summed E-state index contributed by atoms with van der Waals surface area (Å²) in [5.41, 5.74) is 1.39. The fourth-order valence-electron chi connectivity index (χ4n) is 2.61. The van der Waals surface area contributed by atoms with Gasteiger partial charge in [0.15, 0.2) is 0 Å². The molecule has 0 aromatic heterocycles. The number of halogens is 1. The number of ether oxygens (including phenoxy) is 1. The summed E-state index contributed by atoms with van der Waals surface area (Å²) in [6.07, 6.45) is 2.10. The van der Waals surface area contributed by atoms with E-state index in [1.165, 1.54) is 0 Å². The molecule has 1 N–H and O–H groups in total. The highest BCUT2D eigenvalue weighted by molar-refractivity contribution is 9.10. The Balaban J connectivity index is 1.78. The van der Waals surface area contributed by atoms with Gasteiger partial charge < -0.3 is 10.1 Å². The number of nitrogens with one attached hydrogen (secondary N) is 1. The van der Waals surface area contributed by atoms with Gasteiger partial charge in [0.25, 0.3) is 5.91 Å². The highest BCUT2D eigenvalue weighted by Gasteiger charge is 2.11. The van der Waals surface area contributed by atoms with Crippen LogP contribution in [0, 0.1) is 0 Å². The van der Waals surface area contributed by atoms with E-state index in [9.17, 15) is 4.79 Å². The number of amides is 1. The third-order valence-corrected chi connectivity index (χ3v) is 4.61. The molecule has 0 fully saturated rings. The van der Waals surface area contributed by atoms with Crippen LogP contribution in [0.15, 0.2) is 65.1 Å². The van der Waals surface area contributed by atoms with Crippen molar-refractivity contribution in [3.8, 4) is 5.75 Å². The van der Waals surface area contributed by atoms with Gasteiger partial charge in [-0.1, -0.05) is 49.7 Å². The second-order valence-electron chi connectivity index (χ2n) is 5.83. The largest absolute Gasteiger partial charge is 0.492 e. The summed E-state index contributed by atoms with van der Waals surface area (Å²) < 4.78 is 6.50. The SMILES string of the molecule is CCCCOc1ccc(C(=O)Nc2cccc3ccccc23)cc1Br. The van der Waals surface area contributed by atoms with Crippen LogP contribution in [0.3, 0.4) is 0 Å². The number of benzene rings is 3. The molecule has 0 aliphatic rings. The molecule has 0 saturated heterocycles.